The van der Waals surface area contributed by atoms with Crippen LogP contribution in [0.3, 0.4) is 0 Å². The lowest BCUT2D eigenvalue weighted by Gasteiger charge is -2.14. The Morgan fingerprint density at radius 2 is 1.92 bits per heavy atom. The molecular weight excluding hydrogens is 512 g/mol. The molecule has 0 spiro atoms. The van der Waals surface area contributed by atoms with Crippen LogP contribution in [0, 0.1) is 0 Å². The Morgan fingerprint density at radius 3 is 2.58 bits per heavy atom. The average Bonchev–Trinajstić information content (AvgIpc) is 3.14. The molecule has 1 saturated heterocycles. The van der Waals surface area contributed by atoms with Crippen LogP contribution in [0.5, 0.6) is 5.75 Å². The molecule has 1 fully saturated rings. The van der Waals surface area contributed by atoms with Crippen molar-refractivity contribution < 1.29 is 14.3 Å². The van der Waals surface area contributed by atoms with E-state index in [2.05, 4.69) is 11.9 Å². The lowest BCUT2D eigenvalue weighted by molar-refractivity contribution is -0.128. The predicted octanol–water partition coefficient (Wildman–Crippen LogP) is 5.97. The van der Waals surface area contributed by atoms with Crippen LogP contribution >= 0.6 is 35.6 Å². The summed E-state index contributed by atoms with van der Waals surface area (Å²) in [4.78, 5) is 27.1. The van der Waals surface area contributed by atoms with Crippen molar-refractivity contribution in [2.45, 2.75) is 13.3 Å². The van der Waals surface area contributed by atoms with Crippen molar-refractivity contribution in [1.82, 2.24) is 10.2 Å². The minimum absolute atomic E-state index is 0.122. The van der Waals surface area contributed by atoms with Gasteiger partial charge in [0.15, 0.2) is 0 Å². The summed E-state index contributed by atoms with van der Waals surface area (Å²) in [6.45, 7) is 6.14. The molecule has 2 amide bonds. The van der Waals surface area contributed by atoms with Crippen LogP contribution in [-0.4, -0.2) is 41.2 Å². The third kappa shape index (κ3) is 7.43. The highest BCUT2D eigenvalue weighted by atomic mass is 35.5. The summed E-state index contributed by atoms with van der Waals surface area (Å²) >= 11 is 12.8. The second-order valence-corrected chi connectivity index (χ2v) is 10.00. The van der Waals surface area contributed by atoms with Gasteiger partial charge in [0.05, 0.1) is 12.0 Å². The van der Waals surface area contributed by atoms with E-state index in [4.69, 9.17) is 28.6 Å². The third-order valence-electron chi connectivity index (χ3n) is 5.43. The first-order valence-electron chi connectivity index (χ1n) is 11.2. The van der Waals surface area contributed by atoms with Crippen molar-refractivity contribution in [2.24, 2.45) is 0 Å². The molecular formula is C28H27ClN2O3S2. The zero-order valence-electron chi connectivity index (χ0n) is 20.1. The molecule has 5 nitrogen and oxygen atoms in total. The van der Waals surface area contributed by atoms with Gasteiger partial charge in [0.2, 0.25) is 5.91 Å². The number of ether oxygens (including phenoxy) is 1. The molecule has 2 aromatic rings. The van der Waals surface area contributed by atoms with E-state index in [-0.39, 0.29) is 18.4 Å². The number of methoxy groups -OCH3 is 1. The van der Waals surface area contributed by atoms with Gasteiger partial charge in [-0.3, -0.25) is 14.5 Å². The smallest absolute Gasteiger partial charge is 0.266 e. The summed E-state index contributed by atoms with van der Waals surface area (Å²) < 4.78 is 5.50. The number of benzene rings is 2. The van der Waals surface area contributed by atoms with Gasteiger partial charge >= 0.3 is 0 Å². The number of halogens is 1. The topological polar surface area (TPSA) is 58.6 Å². The summed E-state index contributed by atoms with van der Waals surface area (Å²) in [5.74, 6) is 0.222. The van der Waals surface area contributed by atoms with Crippen molar-refractivity contribution in [3.05, 3.63) is 106 Å². The Hall–Kier alpha value is -3.13. The van der Waals surface area contributed by atoms with Gasteiger partial charge < -0.3 is 10.1 Å². The molecule has 8 heteroatoms. The molecule has 0 aliphatic carbocycles. The summed E-state index contributed by atoms with van der Waals surface area (Å²) in [5, 5.41) is 3.52. The molecule has 1 aliphatic rings. The number of allylic oxidation sites excluding steroid dienone is 6. The van der Waals surface area contributed by atoms with Crippen molar-refractivity contribution >= 4 is 57.3 Å². The maximum absolute atomic E-state index is 12.9. The number of hydrogen-bond donors (Lipinski definition) is 1. The molecule has 0 bridgehead atoms. The second-order valence-electron chi connectivity index (χ2n) is 7.92. The lowest BCUT2D eigenvalue weighted by atomic mass is 10.1. The number of rotatable bonds is 10. The SMILES string of the molecule is C=CC(/C=C1\SC(=S)N(CC(=O)NCCc2ccc(OC)cc2)C1=O)=C\C=C(/C)c1ccccc1Cl. The van der Waals surface area contributed by atoms with Crippen LogP contribution in [-0.2, 0) is 16.0 Å². The molecule has 1 aliphatic heterocycles. The molecule has 1 heterocycles. The van der Waals surface area contributed by atoms with Crippen molar-refractivity contribution in [2.75, 3.05) is 20.2 Å². The van der Waals surface area contributed by atoms with Gasteiger partial charge in [-0.15, -0.1) is 0 Å². The van der Waals surface area contributed by atoms with Crippen LogP contribution in [0.15, 0.2) is 89.9 Å². The molecule has 0 saturated carbocycles. The maximum atomic E-state index is 12.9. The Balaban J connectivity index is 1.59. The first kappa shape index (κ1) is 27.5. The van der Waals surface area contributed by atoms with E-state index in [9.17, 15) is 9.59 Å². The maximum Gasteiger partial charge on any atom is 0.266 e. The van der Waals surface area contributed by atoms with Gasteiger partial charge in [0.25, 0.3) is 5.91 Å². The molecule has 186 valence electrons. The van der Waals surface area contributed by atoms with Crippen LogP contribution < -0.4 is 10.1 Å². The molecule has 3 rings (SSSR count). The highest BCUT2D eigenvalue weighted by Crippen LogP contribution is 2.32. The van der Waals surface area contributed by atoms with Gasteiger partial charge in [-0.25, -0.2) is 0 Å². The summed E-state index contributed by atoms with van der Waals surface area (Å²) in [6.07, 6.45) is 7.84. The van der Waals surface area contributed by atoms with E-state index in [1.165, 1.54) is 16.7 Å². The number of hydrogen-bond acceptors (Lipinski definition) is 5. The number of carbonyl (C=O) groups is 2. The Morgan fingerprint density at radius 1 is 1.19 bits per heavy atom. The Bertz CT molecular complexity index is 1250. The zero-order valence-corrected chi connectivity index (χ0v) is 22.5. The van der Waals surface area contributed by atoms with Crippen LogP contribution in [0.25, 0.3) is 5.57 Å². The minimum atomic E-state index is -0.296. The predicted molar refractivity (Wildman–Crippen MR) is 153 cm³/mol. The normalized spacial score (nSPS) is 15.4. The third-order valence-corrected chi connectivity index (χ3v) is 7.14. The standard InChI is InChI=1S/C28H27ClN2O3S2/c1-4-20(10-9-19(2)23-7-5-6-8-24(23)29)17-25-27(33)31(28(35)36-25)18-26(32)30-16-15-21-11-13-22(34-3)14-12-21/h4-14,17H,1,15-16,18H2,2-3H3,(H,30,32)/b19-9+,20-10+,25-17-. The van der Waals surface area contributed by atoms with Gasteiger partial charge in [-0.2, -0.15) is 0 Å². The number of carbonyl (C=O) groups excluding carboxylic acids is 2. The molecule has 36 heavy (non-hydrogen) atoms. The number of nitrogens with one attached hydrogen (secondary N) is 1. The van der Waals surface area contributed by atoms with E-state index in [0.717, 1.165) is 28.0 Å². The first-order valence-corrected chi connectivity index (χ1v) is 12.8. The van der Waals surface area contributed by atoms with Gasteiger partial charge in [-0.1, -0.05) is 90.7 Å². The highest BCUT2D eigenvalue weighted by Gasteiger charge is 2.33. The fraction of sp³-hybridized carbons (Fsp3) is 0.179. The molecule has 1 N–H and O–H groups in total. The summed E-state index contributed by atoms with van der Waals surface area (Å²) in [5.41, 5.74) is 3.73. The van der Waals surface area contributed by atoms with Crippen LogP contribution in [0.4, 0.5) is 0 Å². The number of amides is 2. The fourth-order valence-electron chi connectivity index (χ4n) is 3.39. The van der Waals surface area contributed by atoms with Crippen molar-refractivity contribution in [3.63, 3.8) is 0 Å². The Labute approximate surface area is 226 Å². The number of thioether (sulfide) groups is 1. The summed E-state index contributed by atoms with van der Waals surface area (Å²) in [7, 11) is 1.62. The largest absolute Gasteiger partial charge is 0.497 e. The quantitative estimate of drug-likeness (QED) is 0.229. The van der Waals surface area contributed by atoms with E-state index < -0.39 is 0 Å². The van der Waals surface area contributed by atoms with Crippen molar-refractivity contribution in [1.29, 1.82) is 0 Å². The molecule has 0 atom stereocenters. The van der Waals surface area contributed by atoms with Gasteiger partial charge in [0.1, 0.15) is 16.6 Å². The van der Waals surface area contributed by atoms with E-state index in [1.54, 1.807) is 19.3 Å². The summed E-state index contributed by atoms with van der Waals surface area (Å²) in [6, 6.07) is 15.3. The van der Waals surface area contributed by atoms with Crippen LogP contribution in [0.2, 0.25) is 5.02 Å². The lowest BCUT2D eigenvalue weighted by Crippen LogP contribution is -2.40. The molecule has 0 unspecified atom stereocenters. The van der Waals surface area contributed by atoms with Crippen LogP contribution in [0.1, 0.15) is 18.1 Å². The molecule has 2 aromatic carbocycles. The van der Waals surface area contributed by atoms with E-state index in [1.807, 2.05) is 67.6 Å². The Kier molecular flexibility index (Phi) is 10.1. The fourth-order valence-corrected chi connectivity index (χ4v) is 4.93. The average molecular weight is 539 g/mol. The van der Waals surface area contributed by atoms with Crippen molar-refractivity contribution in [3.8, 4) is 5.75 Å². The first-order chi connectivity index (χ1) is 17.3. The monoisotopic (exact) mass is 538 g/mol. The molecule has 0 radical (unpaired) electrons. The van der Waals surface area contributed by atoms with Gasteiger partial charge in [0, 0.05) is 11.6 Å². The minimum Gasteiger partial charge on any atom is -0.497 e. The number of thiocarbonyl (C=S) groups is 1. The van der Waals surface area contributed by atoms with E-state index >= 15 is 0 Å². The van der Waals surface area contributed by atoms with Gasteiger partial charge in [-0.05, 0) is 59.9 Å². The second kappa shape index (κ2) is 13.3. The zero-order chi connectivity index (χ0) is 26.1. The van der Waals surface area contributed by atoms with E-state index in [0.29, 0.717) is 27.2 Å². The highest BCUT2D eigenvalue weighted by molar-refractivity contribution is 8.26. The number of nitrogens with zero attached hydrogens (tertiary/aromatic N) is 1. The molecule has 0 aromatic heterocycles.